The van der Waals surface area contributed by atoms with Gasteiger partial charge in [0.2, 0.25) is 0 Å². The third-order valence-corrected chi connectivity index (χ3v) is 4.97. The van der Waals surface area contributed by atoms with Crippen LogP contribution in [0.2, 0.25) is 0 Å². The van der Waals surface area contributed by atoms with Gasteiger partial charge in [-0.05, 0) is 38.4 Å². The van der Waals surface area contributed by atoms with Crippen LogP contribution in [0.25, 0.3) is 0 Å². The Morgan fingerprint density at radius 1 is 1.26 bits per heavy atom. The van der Waals surface area contributed by atoms with Crippen molar-refractivity contribution in [2.75, 3.05) is 26.2 Å². The highest BCUT2D eigenvalue weighted by Crippen LogP contribution is 2.16. The molecule has 0 amide bonds. The summed E-state index contributed by atoms with van der Waals surface area (Å²) >= 11 is 0. The number of nitrogens with zero attached hydrogens (tertiary/aromatic N) is 3. The van der Waals surface area contributed by atoms with E-state index in [0.717, 1.165) is 42.9 Å². The number of rotatable bonds is 8. The van der Waals surface area contributed by atoms with E-state index in [1.54, 1.807) is 0 Å². The van der Waals surface area contributed by atoms with Crippen molar-refractivity contribution in [3.63, 3.8) is 0 Å². The molecule has 2 heterocycles. The van der Waals surface area contributed by atoms with Gasteiger partial charge in [0.1, 0.15) is 12.3 Å². The predicted octanol–water partition coefficient (Wildman–Crippen LogP) is 3.07. The van der Waals surface area contributed by atoms with E-state index >= 15 is 0 Å². The number of hydrogen-bond acceptors (Lipinski definition) is 4. The SMILES string of the molecule is CCn1cccc1/C(=N/OCCN1CCC[C@@H](C(=O)O)C1)c1ccccc1. The lowest BCUT2D eigenvalue weighted by atomic mass is 9.98. The Balaban J connectivity index is 1.65. The number of carboxylic acids is 1. The molecule has 1 aliphatic rings. The van der Waals surface area contributed by atoms with Crippen molar-refractivity contribution in [3.05, 3.63) is 59.9 Å². The van der Waals surface area contributed by atoms with Crippen LogP contribution < -0.4 is 0 Å². The number of piperidine rings is 1. The fraction of sp³-hybridized carbons (Fsp3) is 0.429. The van der Waals surface area contributed by atoms with Gasteiger partial charge in [-0.2, -0.15) is 0 Å². The van der Waals surface area contributed by atoms with Crippen molar-refractivity contribution in [1.29, 1.82) is 0 Å². The highest BCUT2D eigenvalue weighted by molar-refractivity contribution is 6.11. The molecule has 1 aromatic heterocycles. The van der Waals surface area contributed by atoms with Crippen LogP contribution >= 0.6 is 0 Å². The summed E-state index contributed by atoms with van der Waals surface area (Å²) in [5, 5.41) is 13.6. The first-order valence-corrected chi connectivity index (χ1v) is 9.55. The molecule has 0 radical (unpaired) electrons. The van der Waals surface area contributed by atoms with Crippen molar-refractivity contribution in [2.45, 2.75) is 26.3 Å². The molecule has 6 heteroatoms. The van der Waals surface area contributed by atoms with E-state index in [1.165, 1.54) is 0 Å². The maximum Gasteiger partial charge on any atom is 0.307 e. The molecule has 1 fully saturated rings. The number of aryl methyl sites for hydroxylation is 1. The van der Waals surface area contributed by atoms with Crippen LogP contribution in [0.3, 0.4) is 0 Å². The Morgan fingerprint density at radius 2 is 2.07 bits per heavy atom. The fourth-order valence-electron chi connectivity index (χ4n) is 3.49. The van der Waals surface area contributed by atoms with Crippen LogP contribution in [0.1, 0.15) is 31.0 Å². The summed E-state index contributed by atoms with van der Waals surface area (Å²) in [5.41, 5.74) is 2.84. The zero-order valence-corrected chi connectivity index (χ0v) is 15.8. The first-order chi connectivity index (χ1) is 13.2. The first-order valence-electron chi connectivity index (χ1n) is 9.55. The monoisotopic (exact) mass is 369 g/mol. The van der Waals surface area contributed by atoms with Gasteiger partial charge in [-0.3, -0.25) is 9.69 Å². The van der Waals surface area contributed by atoms with Crippen molar-refractivity contribution in [3.8, 4) is 0 Å². The lowest BCUT2D eigenvalue weighted by molar-refractivity contribution is -0.143. The van der Waals surface area contributed by atoms with Crippen LogP contribution in [0, 0.1) is 5.92 Å². The lowest BCUT2D eigenvalue weighted by Gasteiger charge is -2.29. The van der Waals surface area contributed by atoms with Gasteiger partial charge in [0.05, 0.1) is 11.6 Å². The van der Waals surface area contributed by atoms with E-state index in [-0.39, 0.29) is 5.92 Å². The van der Waals surface area contributed by atoms with E-state index < -0.39 is 5.97 Å². The van der Waals surface area contributed by atoms with Crippen LogP contribution in [-0.2, 0) is 16.2 Å². The number of carbonyl (C=O) groups is 1. The zero-order valence-electron chi connectivity index (χ0n) is 15.8. The van der Waals surface area contributed by atoms with Crippen LogP contribution in [0.15, 0.2) is 53.8 Å². The van der Waals surface area contributed by atoms with Crippen LogP contribution in [0.4, 0.5) is 0 Å². The van der Waals surface area contributed by atoms with Gasteiger partial charge in [-0.15, -0.1) is 0 Å². The maximum atomic E-state index is 11.2. The molecular formula is C21H27N3O3. The third kappa shape index (κ3) is 4.98. The second kappa shape index (κ2) is 9.37. The van der Waals surface area contributed by atoms with Gasteiger partial charge in [0, 0.05) is 31.4 Å². The van der Waals surface area contributed by atoms with Gasteiger partial charge >= 0.3 is 5.97 Å². The predicted molar refractivity (Wildman–Crippen MR) is 105 cm³/mol. The lowest BCUT2D eigenvalue weighted by Crippen LogP contribution is -2.40. The Bertz CT molecular complexity index is 770. The third-order valence-electron chi connectivity index (χ3n) is 4.97. The molecule has 1 aromatic carbocycles. The molecule has 27 heavy (non-hydrogen) atoms. The van der Waals surface area contributed by atoms with E-state index in [4.69, 9.17) is 4.84 Å². The number of likely N-dealkylation sites (tertiary alicyclic amines) is 1. The van der Waals surface area contributed by atoms with E-state index in [2.05, 4.69) is 21.5 Å². The van der Waals surface area contributed by atoms with Crippen LogP contribution in [0.5, 0.6) is 0 Å². The average molecular weight is 369 g/mol. The molecule has 0 unspecified atom stereocenters. The summed E-state index contributed by atoms with van der Waals surface area (Å²) in [6.07, 6.45) is 3.71. The first kappa shape index (κ1) is 19.2. The zero-order chi connectivity index (χ0) is 19.1. The Hall–Kier alpha value is -2.60. The minimum atomic E-state index is -0.703. The van der Waals surface area contributed by atoms with Gasteiger partial charge in [-0.25, -0.2) is 0 Å². The van der Waals surface area contributed by atoms with Crippen molar-refractivity contribution < 1.29 is 14.7 Å². The van der Waals surface area contributed by atoms with Gasteiger partial charge in [0.15, 0.2) is 0 Å². The second-order valence-corrected chi connectivity index (χ2v) is 6.80. The fourth-order valence-corrected chi connectivity index (χ4v) is 3.49. The van der Waals surface area contributed by atoms with Gasteiger partial charge in [0.25, 0.3) is 0 Å². The van der Waals surface area contributed by atoms with Gasteiger partial charge < -0.3 is 14.5 Å². The molecule has 2 aromatic rings. The summed E-state index contributed by atoms with van der Waals surface area (Å²) in [6, 6.07) is 14.1. The standard InChI is InChI=1S/C21H27N3O3/c1-2-24-13-7-11-19(24)20(17-8-4-3-5-9-17)22-27-15-14-23-12-6-10-18(16-23)21(25)26/h3-5,7-9,11,13,18H,2,6,10,12,14-16H2,1H3,(H,25,26)/b22-20+/t18-/m1/s1. The number of oxime groups is 1. The normalized spacial score (nSPS) is 18.4. The number of hydrogen-bond donors (Lipinski definition) is 1. The summed E-state index contributed by atoms with van der Waals surface area (Å²) in [4.78, 5) is 19.0. The number of aromatic nitrogens is 1. The topological polar surface area (TPSA) is 67.1 Å². The molecule has 0 bridgehead atoms. The smallest absolute Gasteiger partial charge is 0.307 e. The molecule has 1 aliphatic heterocycles. The Morgan fingerprint density at radius 3 is 2.81 bits per heavy atom. The molecular weight excluding hydrogens is 342 g/mol. The highest BCUT2D eigenvalue weighted by Gasteiger charge is 2.25. The molecule has 144 valence electrons. The number of benzene rings is 1. The molecule has 6 nitrogen and oxygen atoms in total. The van der Waals surface area contributed by atoms with Crippen LogP contribution in [-0.4, -0.2) is 52.5 Å². The molecule has 1 atom stereocenters. The van der Waals surface area contributed by atoms with E-state index in [0.29, 0.717) is 19.7 Å². The molecule has 3 rings (SSSR count). The average Bonchev–Trinajstić information content (AvgIpc) is 3.17. The molecule has 1 N–H and O–H groups in total. The Labute approximate surface area is 160 Å². The van der Waals surface area contributed by atoms with E-state index in [1.807, 2.05) is 48.7 Å². The minimum Gasteiger partial charge on any atom is -0.481 e. The van der Waals surface area contributed by atoms with Crippen molar-refractivity contribution in [2.24, 2.45) is 11.1 Å². The minimum absolute atomic E-state index is 0.269. The van der Waals surface area contributed by atoms with Crippen molar-refractivity contribution >= 4 is 11.7 Å². The number of carboxylic acid groups (broad SMARTS) is 1. The molecule has 0 aliphatic carbocycles. The highest BCUT2D eigenvalue weighted by atomic mass is 16.6. The molecule has 0 saturated carbocycles. The second-order valence-electron chi connectivity index (χ2n) is 6.80. The van der Waals surface area contributed by atoms with Gasteiger partial charge in [-0.1, -0.05) is 35.5 Å². The van der Waals surface area contributed by atoms with Crippen molar-refractivity contribution in [1.82, 2.24) is 9.47 Å². The summed E-state index contributed by atoms with van der Waals surface area (Å²) in [6.45, 7) is 5.59. The Kier molecular flexibility index (Phi) is 6.65. The largest absolute Gasteiger partial charge is 0.481 e. The van der Waals surface area contributed by atoms with E-state index in [9.17, 15) is 9.90 Å². The molecule has 1 saturated heterocycles. The summed E-state index contributed by atoms with van der Waals surface area (Å²) < 4.78 is 2.14. The quantitative estimate of drug-likeness (QED) is 0.441. The number of aliphatic carboxylic acids is 1. The maximum absolute atomic E-state index is 11.2. The summed E-state index contributed by atoms with van der Waals surface area (Å²) in [5.74, 6) is -0.972. The molecule has 0 spiro atoms. The summed E-state index contributed by atoms with van der Waals surface area (Å²) in [7, 11) is 0.